The van der Waals surface area contributed by atoms with Gasteiger partial charge >= 0.3 is 0 Å². The van der Waals surface area contributed by atoms with Gasteiger partial charge in [-0.3, -0.25) is 0 Å². The van der Waals surface area contributed by atoms with E-state index < -0.39 is 5.92 Å². The van der Waals surface area contributed by atoms with Crippen LogP contribution in [-0.4, -0.2) is 19.0 Å². The molecule has 1 unspecified atom stereocenters. The zero-order valence-corrected chi connectivity index (χ0v) is 8.57. The molecule has 14 heavy (non-hydrogen) atoms. The average molecular weight is 203 g/mol. The van der Waals surface area contributed by atoms with Gasteiger partial charge in [0, 0.05) is 12.8 Å². The molecule has 1 aliphatic heterocycles. The van der Waals surface area contributed by atoms with Gasteiger partial charge in [0.05, 0.1) is 0 Å². The number of hydrogen-bond donors (Lipinski definition) is 1. The maximum absolute atomic E-state index is 12.9. The van der Waals surface area contributed by atoms with Crippen molar-refractivity contribution in [1.82, 2.24) is 5.32 Å². The molecule has 1 heterocycles. The molecule has 0 spiro atoms. The first-order chi connectivity index (χ1) is 6.66. The molecular formula is C11H19F2N. The lowest BCUT2D eigenvalue weighted by molar-refractivity contribution is -0.0477. The molecule has 1 nitrogen and oxygen atoms in total. The minimum absolute atomic E-state index is 0.123. The predicted octanol–water partition coefficient (Wildman–Crippen LogP) is 2.81. The minimum Gasteiger partial charge on any atom is -0.316 e. The normalized spacial score (nSPS) is 33.4. The van der Waals surface area contributed by atoms with Gasteiger partial charge in [-0.2, -0.15) is 0 Å². The van der Waals surface area contributed by atoms with Crippen LogP contribution < -0.4 is 5.32 Å². The Hall–Kier alpha value is -0.180. The van der Waals surface area contributed by atoms with Crippen LogP contribution in [0, 0.1) is 11.8 Å². The second kappa shape index (κ2) is 4.13. The van der Waals surface area contributed by atoms with E-state index in [2.05, 4.69) is 5.32 Å². The summed E-state index contributed by atoms with van der Waals surface area (Å²) in [6.45, 7) is 2.22. The van der Waals surface area contributed by atoms with E-state index in [4.69, 9.17) is 0 Å². The van der Waals surface area contributed by atoms with Gasteiger partial charge in [-0.15, -0.1) is 0 Å². The molecule has 2 rings (SSSR count). The van der Waals surface area contributed by atoms with Crippen molar-refractivity contribution < 1.29 is 8.78 Å². The Morgan fingerprint density at radius 1 is 1.07 bits per heavy atom. The van der Waals surface area contributed by atoms with E-state index in [1.807, 2.05) is 0 Å². The van der Waals surface area contributed by atoms with Crippen molar-refractivity contribution in [3.05, 3.63) is 0 Å². The predicted molar refractivity (Wildman–Crippen MR) is 52.5 cm³/mol. The van der Waals surface area contributed by atoms with Crippen LogP contribution >= 0.6 is 0 Å². The zero-order chi connectivity index (χ0) is 10.0. The molecule has 0 aromatic heterocycles. The summed E-state index contributed by atoms with van der Waals surface area (Å²) < 4.78 is 25.8. The van der Waals surface area contributed by atoms with E-state index in [1.165, 1.54) is 12.8 Å². The molecule has 1 N–H and O–H groups in total. The Balaban J connectivity index is 1.72. The first-order valence-corrected chi connectivity index (χ1v) is 5.74. The number of rotatable bonds is 2. The van der Waals surface area contributed by atoms with Crippen LogP contribution in [0.1, 0.15) is 38.5 Å². The van der Waals surface area contributed by atoms with Crippen LogP contribution in [0.15, 0.2) is 0 Å². The van der Waals surface area contributed by atoms with Gasteiger partial charge in [-0.25, -0.2) is 8.78 Å². The summed E-state index contributed by atoms with van der Waals surface area (Å²) in [5.41, 5.74) is 0. The molecule has 2 fully saturated rings. The first-order valence-electron chi connectivity index (χ1n) is 5.74. The van der Waals surface area contributed by atoms with Crippen molar-refractivity contribution >= 4 is 0 Å². The maximum Gasteiger partial charge on any atom is 0.248 e. The quantitative estimate of drug-likeness (QED) is 0.727. The second-order valence-electron chi connectivity index (χ2n) is 4.89. The highest BCUT2D eigenvalue weighted by atomic mass is 19.3. The molecule has 1 saturated carbocycles. The standard InChI is InChI=1S/C11H19F2N/c12-11(13)4-1-9(2-5-11)7-10-3-6-14-8-10/h9-10,14H,1-8H2. The van der Waals surface area contributed by atoms with Gasteiger partial charge in [-0.1, -0.05) is 0 Å². The SMILES string of the molecule is FC1(F)CCC(CC2CCNC2)CC1. The van der Waals surface area contributed by atoms with Crippen LogP contribution in [0.25, 0.3) is 0 Å². The second-order valence-corrected chi connectivity index (χ2v) is 4.89. The zero-order valence-electron chi connectivity index (χ0n) is 8.57. The van der Waals surface area contributed by atoms with Gasteiger partial charge < -0.3 is 5.32 Å². The van der Waals surface area contributed by atoms with E-state index in [9.17, 15) is 8.78 Å². The Morgan fingerprint density at radius 2 is 1.79 bits per heavy atom. The van der Waals surface area contributed by atoms with E-state index in [0.717, 1.165) is 31.8 Å². The van der Waals surface area contributed by atoms with Crippen LogP contribution in [0.2, 0.25) is 0 Å². The molecule has 0 bridgehead atoms. The van der Waals surface area contributed by atoms with Gasteiger partial charge in [0.15, 0.2) is 0 Å². The Labute approximate surface area is 84.3 Å². The lowest BCUT2D eigenvalue weighted by Gasteiger charge is -2.29. The first kappa shape index (κ1) is 10.3. The fraction of sp³-hybridized carbons (Fsp3) is 1.00. The van der Waals surface area contributed by atoms with Gasteiger partial charge in [0.1, 0.15) is 0 Å². The van der Waals surface area contributed by atoms with Crippen molar-refractivity contribution in [3.63, 3.8) is 0 Å². The monoisotopic (exact) mass is 203 g/mol. The van der Waals surface area contributed by atoms with Crippen molar-refractivity contribution in [1.29, 1.82) is 0 Å². The summed E-state index contributed by atoms with van der Waals surface area (Å²) in [7, 11) is 0. The summed E-state index contributed by atoms with van der Waals surface area (Å²) in [5.74, 6) is -1.03. The third kappa shape index (κ3) is 2.66. The molecule has 82 valence electrons. The van der Waals surface area contributed by atoms with Crippen molar-refractivity contribution in [2.45, 2.75) is 44.4 Å². The van der Waals surface area contributed by atoms with Crippen LogP contribution in [-0.2, 0) is 0 Å². The molecule has 1 atom stereocenters. The molecule has 0 radical (unpaired) electrons. The third-order valence-corrected chi connectivity index (χ3v) is 3.67. The Bertz CT molecular complexity index is 178. The largest absolute Gasteiger partial charge is 0.316 e. The Morgan fingerprint density at radius 3 is 2.36 bits per heavy atom. The van der Waals surface area contributed by atoms with Crippen LogP contribution in [0.5, 0.6) is 0 Å². The van der Waals surface area contributed by atoms with Gasteiger partial charge in [0.2, 0.25) is 5.92 Å². The van der Waals surface area contributed by atoms with E-state index in [-0.39, 0.29) is 12.8 Å². The fourth-order valence-electron chi connectivity index (χ4n) is 2.72. The summed E-state index contributed by atoms with van der Waals surface area (Å²) in [5, 5.41) is 3.33. The molecule has 1 saturated heterocycles. The summed E-state index contributed by atoms with van der Waals surface area (Å²) in [6.07, 6.45) is 4.14. The van der Waals surface area contributed by atoms with E-state index in [0.29, 0.717) is 5.92 Å². The third-order valence-electron chi connectivity index (χ3n) is 3.67. The molecule has 1 aliphatic carbocycles. The summed E-state index contributed by atoms with van der Waals surface area (Å²) in [6, 6.07) is 0. The highest BCUT2D eigenvalue weighted by molar-refractivity contribution is 4.81. The van der Waals surface area contributed by atoms with Crippen LogP contribution in [0.4, 0.5) is 8.78 Å². The van der Waals surface area contributed by atoms with Gasteiger partial charge in [-0.05, 0) is 50.6 Å². The van der Waals surface area contributed by atoms with Crippen molar-refractivity contribution in [2.75, 3.05) is 13.1 Å². The van der Waals surface area contributed by atoms with Crippen molar-refractivity contribution in [2.24, 2.45) is 11.8 Å². The maximum atomic E-state index is 12.9. The topological polar surface area (TPSA) is 12.0 Å². The summed E-state index contributed by atoms with van der Waals surface area (Å²) >= 11 is 0. The van der Waals surface area contributed by atoms with Crippen LogP contribution in [0.3, 0.4) is 0 Å². The highest BCUT2D eigenvalue weighted by Crippen LogP contribution is 2.39. The lowest BCUT2D eigenvalue weighted by Crippen LogP contribution is -2.26. The number of hydrogen-bond acceptors (Lipinski definition) is 1. The molecule has 2 aliphatic rings. The number of nitrogens with one attached hydrogen (secondary N) is 1. The molecule has 0 aromatic rings. The van der Waals surface area contributed by atoms with Crippen molar-refractivity contribution in [3.8, 4) is 0 Å². The molecule has 0 aromatic carbocycles. The fourth-order valence-corrected chi connectivity index (χ4v) is 2.72. The number of halogens is 2. The van der Waals surface area contributed by atoms with E-state index in [1.54, 1.807) is 0 Å². The van der Waals surface area contributed by atoms with E-state index >= 15 is 0 Å². The van der Waals surface area contributed by atoms with Gasteiger partial charge in [0.25, 0.3) is 0 Å². The number of alkyl halides is 2. The lowest BCUT2D eigenvalue weighted by atomic mass is 9.81. The highest BCUT2D eigenvalue weighted by Gasteiger charge is 2.35. The molecular weight excluding hydrogens is 184 g/mol. The summed E-state index contributed by atoms with van der Waals surface area (Å²) in [4.78, 5) is 0. The Kier molecular flexibility index (Phi) is 3.05. The molecule has 3 heteroatoms. The minimum atomic E-state index is -2.36. The smallest absolute Gasteiger partial charge is 0.248 e. The average Bonchev–Trinajstić information content (AvgIpc) is 2.61. The molecule has 0 amide bonds.